The van der Waals surface area contributed by atoms with Crippen LogP contribution in [0.25, 0.3) is 6.08 Å². The van der Waals surface area contributed by atoms with Gasteiger partial charge in [0, 0.05) is 18.5 Å². The summed E-state index contributed by atoms with van der Waals surface area (Å²) < 4.78 is 26.2. The third-order valence-electron chi connectivity index (χ3n) is 4.02. The van der Waals surface area contributed by atoms with Crippen molar-refractivity contribution >= 4 is 16.1 Å². The Kier molecular flexibility index (Phi) is 4.96. The number of benzene rings is 1. The molecule has 4 nitrogen and oxygen atoms in total. The molecule has 2 unspecified atom stereocenters. The molecule has 2 rings (SSSR count). The van der Waals surface area contributed by atoms with Gasteiger partial charge in [0.2, 0.25) is 10.0 Å². The maximum absolute atomic E-state index is 12.4. The first-order valence-corrected chi connectivity index (χ1v) is 8.46. The van der Waals surface area contributed by atoms with Crippen LogP contribution < -0.4 is 5.73 Å². The van der Waals surface area contributed by atoms with Crippen LogP contribution in [0.5, 0.6) is 0 Å². The zero-order chi connectivity index (χ0) is 14.6. The van der Waals surface area contributed by atoms with Crippen LogP contribution in [0.4, 0.5) is 0 Å². The minimum absolute atomic E-state index is 0.0328. The zero-order valence-corrected chi connectivity index (χ0v) is 12.6. The lowest BCUT2D eigenvalue weighted by Crippen LogP contribution is -2.40. The number of hydrogen-bond acceptors (Lipinski definition) is 3. The maximum Gasteiger partial charge on any atom is 0.236 e. The molecule has 0 spiro atoms. The molecule has 0 saturated heterocycles. The molecular formula is C15H22N2O2S. The van der Waals surface area contributed by atoms with Crippen molar-refractivity contribution in [2.75, 3.05) is 13.6 Å². The molecule has 0 radical (unpaired) electrons. The Labute approximate surface area is 121 Å². The van der Waals surface area contributed by atoms with E-state index in [4.69, 9.17) is 5.73 Å². The van der Waals surface area contributed by atoms with E-state index >= 15 is 0 Å². The van der Waals surface area contributed by atoms with Crippen molar-refractivity contribution < 1.29 is 8.42 Å². The lowest BCUT2D eigenvalue weighted by Gasteiger charge is -2.27. The summed E-state index contributed by atoms with van der Waals surface area (Å²) in [5.41, 5.74) is 6.61. The van der Waals surface area contributed by atoms with Crippen LogP contribution in [0.15, 0.2) is 35.7 Å². The highest BCUT2D eigenvalue weighted by molar-refractivity contribution is 7.92. The summed E-state index contributed by atoms with van der Waals surface area (Å²) in [4.78, 5) is 0. The molecule has 0 amide bonds. The van der Waals surface area contributed by atoms with Gasteiger partial charge in [-0.05, 0) is 36.9 Å². The standard InChI is InChI=1S/C15H22N2O2S/c1-17(15-9-5-8-14(15)12-16)20(18,19)11-10-13-6-3-2-4-7-13/h2-4,6-7,10-11,14-15H,5,8-9,12,16H2,1H3. The molecule has 2 N–H and O–H groups in total. The molecule has 0 bridgehead atoms. The quantitative estimate of drug-likeness (QED) is 0.904. The van der Waals surface area contributed by atoms with Gasteiger partial charge >= 0.3 is 0 Å². The van der Waals surface area contributed by atoms with Gasteiger partial charge in [-0.15, -0.1) is 0 Å². The van der Waals surface area contributed by atoms with Crippen LogP contribution in [-0.2, 0) is 10.0 Å². The molecule has 1 aromatic rings. The van der Waals surface area contributed by atoms with Gasteiger partial charge in [-0.3, -0.25) is 0 Å². The molecule has 1 aliphatic rings. The van der Waals surface area contributed by atoms with E-state index in [2.05, 4.69) is 0 Å². The van der Waals surface area contributed by atoms with Gasteiger partial charge in [-0.2, -0.15) is 4.31 Å². The number of nitrogens with two attached hydrogens (primary N) is 1. The molecular weight excluding hydrogens is 272 g/mol. The molecule has 1 fully saturated rings. The van der Waals surface area contributed by atoms with E-state index in [1.807, 2.05) is 30.3 Å². The van der Waals surface area contributed by atoms with Gasteiger partial charge < -0.3 is 5.73 Å². The fourth-order valence-corrected chi connectivity index (χ4v) is 3.96. The summed E-state index contributed by atoms with van der Waals surface area (Å²) in [6.07, 6.45) is 4.60. The van der Waals surface area contributed by atoms with E-state index in [0.29, 0.717) is 6.54 Å². The molecule has 1 aromatic carbocycles. The Morgan fingerprint density at radius 1 is 1.30 bits per heavy atom. The second kappa shape index (κ2) is 6.52. The zero-order valence-electron chi connectivity index (χ0n) is 11.8. The van der Waals surface area contributed by atoms with Crippen molar-refractivity contribution in [3.63, 3.8) is 0 Å². The van der Waals surface area contributed by atoms with Crippen molar-refractivity contribution in [1.82, 2.24) is 4.31 Å². The van der Waals surface area contributed by atoms with Crippen LogP contribution in [0.2, 0.25) is 0 Å². The normalized spacial score (nSPS) is 23.8. The fourth-order valence-electron chi connectivity index (χ4n) is 2.78. The summed E-state index contributed by atoms with van der Waals surface area (Å²) in [6.45, 7) is 0.549. The second-order valence-corrected chi connectivity index (χ2v) is 7.15. The molecule has 5 heteroatoms. The molecule has 2 atom stereocenters. The second-order valence-electron chi connectivity index (χ2n) is 5.27. The first-order valence-electron chi connectivity index (χ1n) is 6.96. The predicted molar refractivity (Wildman–Crippen MR) is 82.3 cm³/mol. The van der Waals surface area contributed by atoms with Crippen molar-refractivity contribution in [3.8, 4) is 0 Å². The Bertz CT molecular complexity index is 554. The van der Waals surface area contributed by atoms with Gasteiger partial charge in [-0.25, -0.2) is 8.42 Å². The van der Waals surface area contributed by atoms with Gasteiger partial charge in [0.25, 0.3) is 0 Å². The van der Waals surface area contributed by atoms with Gasteiger partial charge in [0.1, 0.15) is 0 Å². The molecule has 0 aromatic heterocycles. The van der Waals surface area contributed by atoms with Gasteiger partial charge in [-0.1, -0.05) is 36.8 Å². The molecule has 110 valence electrons. The summed E-state index contributed by atoms with van der Waals surface area (Å²) in [6, 6.07) is 9.47. The number of sulfonamides is 1. The van der Waals surface area contributed by atoms with Crippen LogP contribution >= 0.6 is 0 Å². The summed E-state index contributed by atoms with van der Waals surface area (Å²) >= 11 is 0. The van der Waals surface area contributed by atoms with Crippen LogP contribution in [0, 0.1) is 5.92 Å². The van der Waals surface area contributed by atoms with Crippen LogP contribution in [0.1, 0.15) is 24.8 Å². The smallest absolute Gasteiger partial charge is 0.236 e. The van der Waals surface area contributed by atoms with E-state index in [9.17, 15) is 8.42 Å². The molecule has 1 aliphatic carbocycles. The Balaban J connectivity index is 2.12. The first kappa shape index (κ1) is 15.2. The molecule has 0 heterocycles. The van der Waals surface area contributed by atoms with E-state index in [0.717, 1.165) is 24.8 Å². The van der Waals surface area contributed by atoms with E-state index in [1.165, 1.54) is 9.71 Å². The molecule has 0 aliphatic heterocycles. The Hall–Kier alpha value is -1.17. The van der Waals surface area contributed by atoms with Crippen molar-refractivity contribution in [2.45, 2.75) is 25.3 Å². The minimum atomic E-state index is -3.39. The highest BCUT2D eigenvalue weighted by Gasteiger charge is 2.34. The SMILES string of the molecule is CN(C1CCCC1CN)S(=O)(=O)C=Cc1ccccc1. The largest absolute Gasteiger partial charge is 0.330 e. The lowest BCUT2D eigenvalue weighted by molar-refractivity contribution is 0.307. The fraction of sp³-hybridized carbons (Fsp3) is 0.467. The van der Waals surface area contributed by atoms with Crippen molar-refractivity contribution in [1.29, 1.82) is 0 Å². The average Bonchev–Trinajstić information content (AvgIpc) is 2.93. The Morgan fingerprint density at radius 3 is 2.65 bits per heavy atom. The number of hydrogen-bond donors (Lipinski definition) is 1. The Morgan fingerprint density at radius 2 is 2.00 bits per heavy atom. The van der Waals surface area contributed by atoms with Crippen molar-refractivity contribution in [2.24, 2.45) is 11.7 Å². The van der Waals surface area contributed by atoms with E-state index < -0.39 is 10.0 Å². The summed E-state index contributed by atoms with van der Waals surface area (Å²) in [5, 5.41) is 1.29. The summed E-state index contributed by atoms with van der Waals surface area (Å²) in [5.74, 6) is 0.278. The van der Waals surface area contributed by atoms with Crippen LogP contribution in [0.3, 0.4) is 0 Å². The highest BCUT2D eigenvalue weighted by Crippen LogP contribution is 2.30. The van der Waals surface area contributed by atoms with Gasteiger partial charge in [0.15, 0.2) is 0 Å². The number of rotatable bonds is 5. The monoisotopic (exact) mass is 294 g/mol. The maximum atomic E-state index is 12.4. The molecule has 20 heavy (non-hydrogen) atoms. The first-order chi connectivity index (χ1) is 9.54. The van der Waals surface area contributed by atoms with E-state index in [1.54, 1.807) is 13.1 Å². The third-order valence-corrected chi connectivity index (χ3v) is 5.58. The minimum Gasteiger partial charge on any atom is -0.330 e. The third kappa shape index (κ3) is 3.48. The van der Waals surface area contributed by atoms with Gasteiger partial charge in [0.05, 0.1) is 0 Å². The highest BCUT2D eigenvalue weighted by atomic mass is 32.2. The summed E-state index contributed by atoms with van der Waals surface area (Å²) in [7, 11) is -1.73. The topological polar surface area (TPSA) is 63.4 Å². The molecule has 1 saturated carbocycles. The lowest BCUT2D eigenvalue weighted by atomic mass is 10.0. The van der Waals surface area contributed by atoms with Crippen LogP contribution in [-0.4, -0.2) is 32.4 Å². The van der Waals surface area contributed by atoms with E-state index in [-0.39, 0.29) is 12.0 Å². The number of nitrogens with zero attached hydrogens (tertiary/aromatic N) is 1. The predicted octanol–water partition coefficient (Wildman–Crippen LogP) is 2.05. The average molecular weight is 294 g/mol. The van der Waals surface area contributed by atoms with Crippen molar-refractivity contribution in [3.05, 3.63) is 41.3 Å².